The van der Waals surface area contributed by atoms with Crippen molar-refractivity contribution < 1.29 is 9.31 Å². The van der Waals surface area contributed by atoms with E-state index in [1.54, 1.807) is 11.0 Å². The van der Waals surface area contributed by atoms with Gasteiger partial charge in [-0.25, -0.2) is 9.37 Å². The van der Waals surface area contributed by atoms with E-state index in [1.165, 1.54) is 6.20 Å². The van der Waals surface area contributed by atoms with E-state index >= 15 is 0 Å². The molecule has 1 unspecified atom stereocenters. The van der Waals surface area contributed by atoms with Gasteiger partial charge in [0.05, 0.1) is 17.0 Å². The van der Waals surface area contributed by atoms with Gasteiger partial charge >= 0.3 is 5.69 Å². The molecule has 2 aromatic rings. The molecule has 1 aromatic carbocycles. The molecule has 21 heavy (non-hydrogen) atoms. The van der Waals surface area contributed by atoms with Crippen LogP contribution in [0.2, 0.25) is 0 Å². The third-order valence-corrected chi connectivity index (χ3v) is 3.60. The first-order valence-electron chi connectivity index (χ1n) is 6.74. The summed E-state index contributed by atoms with van der Waals surface area (Å²) in [6, 6.07) is 10.8. The maximum atomic E-state index is 13.4. The van der Waals surface area contributed by atoms with Crippen molar-refractivity contribution in [1.82, 2.24) is 4.98 Å². The molecule has 0 amide bonds. The third kappa shape index (κ3) is 2.56. The molecule has 1 saturated heterocycles. The topological polar surface area (TPSA) is 59.3 Å². The second kappa shape index (κ2) is 5.47. The predicted octanol–water partition coefficient (Wildman–Crippen LogP) is 3.21. The molecule has 5 nitrogen and oxygen atoms in total. The number of halogens is 1. The first kappa shape index (κ1) is 13.5. The van der Waals surface area contributed by atoms with Crippen LogP contribution in [-0.2, 0) is 0 Å². The Labute approximate surface area is 121 Å². The lowest BCUT2D eigenvalue weighted by atomic mass is 10.1. The number of nitrogens with zero attached hydrogens (tertiary/aromatic N) is 3. The average Bonchev–Trinajstić information content (AvgIpc) is 2.94. The maximum absolute atomic E-state index is 13.4. The fourth-order valence-electron chi connectivity index (χ4n) is 2.62. The van der Waals surface area contributed by atoms with Crippen LogP contribution in [-0.4, -0.2) is 29.2 Å². The van der Waals surface area contributed by atoms with E-state index in [4.69, 9.17) is 0 Å². The van der Waals surface area contributed by atoms with E-state index in [1.807, 2.05) is 30.3 Å². The van der Waals surface area contributed by atoms with Crippen LogP contribution in [0.4, 0.5) is 15.9 Å². The zero-order chi connectivity index (χ0) is 14.8. The summed E-state index contributed by atoms with van der Waals surface area (Å²) >= 11 is 0. The highest BCUT2D eigenvalue weighted by Gasteiger charge is 2.31. The van der Waals surface area contributed by atoms with Crippen LogP contribution in [0.3, 0.4) is 0 Å². The van der Waals surface area contributed by atoms with Crippen LogP contribution in [0.5, 0.6) is 0 Å². The van der Waals surface area contributed by atoms with Gasteiger partial charge in [-0.15, -0.1) is 0 Å². The summed E-state index contributed by atoms with van der Waals surface area (Å²) in [6.45, 7) is 0.610. The second-order valence-electron chi connectivity index (χ2n) is 4.99. The van der Waals surface area contributed by atoms with Gasteiger partial charge in [0.2, 0.25) is 5.82 Å². The van der Waals surface area contributed by atoms with Gasteiger partial charge in [-0.05, 0) is 18.1 Å². The van der Waals surface area contributed by atoms with Gasteiger partial charge in [0.15, 0.2) is 0 Å². The fraction of sp³-hybridized carbons (Fsp3) is 0.267. The molecule has 1 fully saturated rings. The largest absolute Gasteiger partial charge is 0.348 e. The summed E-state index contributed by atoms with van der Waals surface area (Å²) in [7, 11) is 0. The Bertz CT molecular complexity index is 663. The zero-order valence-corrected chi connectivity index (χ0v) is 11.3. The SMILES string of the molecule is O=[N+]([O-])c1c(-c2ccccc2)ccnc1N1CCC(F)C1. The summed E-state index contributed by atoms with van der Waals surface area (Å²) in [5.74, 6) is 0.251. The average molecular weight is 287 g/mol. The van der Waals surface area contributed by atoms with E-state index in [2.05, 4.69) is 4.98 Å². The highest BCUT2D eigenvalue weighted by atomic mass is 19.1. The molecule has 0 N–H and O–H groups in total. The smallest absolute Gasteiger partial charge is 0.319 e. The normalized spacial score (nSPS) is 18.0. The summed E-state index contributed by atoms with van der Waals surface area (Å²) in [5.41, 5.74) is 1.20. The van der Waals surface area contributed by atoms with Crippen molar-refractivity contribution in [2.24, 2.45) is 0 Å². The van der Waals surface area contributed by atoms with Crippen molar-refractivity contribution >= 4 is 11.5 Å². The minimum atomic E-state index is -0.952. The summed E-state index contributed by atoms with van der Waals surface area (Å²) in [6.07, 6.45) is 0.969. The minimum absolute atomic E-state index is 0.0576. The first-order chi connectivity index (χ1) is 10.2. The molecule has 108 valence electrons. The van der Waals surface area contributed by atoms with Gasteiger partial charge in [0.1, 0.15) is 6.17 Å². The third-order valence-electron chi connectivity index (χ3n) is 3.60. The lowest BCUT2D eigenvalue weighted by molar-refractivity contribution is -0.383. The monoisotopic (exact) mass is 287 g/mol. The molecule has 3 rings (SSSR count). The molecular formula is C15H14FN3O2. The minimum Gasteiger partial charge on any atom is -0.348 e. The highest BCUT2D eigenvalue weighted by Crippen LogP contribution is 2.37. The molecule has 0 saturated carbocycles. The number of rotatable bonds is 3. The molecule has 0 aliphatic carbocycles. The van der Waals surface area contributed by atoms with Crippen molar-refractivity contribution in [1.29, 1.82) is 0 Å². The van der Waals surface area contributed by atoms with Crippen molar-refractivity contribution in [3.05, 3.63) is 52.7 Å². The van der Waals surface area contributed by atoms with Crippen molar-refractivity contribution in [2.75, 3.05) is 18.0 Å². The molecule has 1 atom stereocenters. The van der Waals surface area contributed by atoms with E-state index in [-0.39, 0.29) is 18.1 Å². The van der Waals surface area contributed by atoms with E-state index in [0.717, 1.165) is 5.56 Å². The van der Waals surface area contributed by atoms with Gasteiger partial charge in [-0.2, -0.15) is 0 Å². The summed E-state index contributed by atoms with van der Waals surface area (Å²) in [5, 5.41) is 11.5. The van der Waals surface area contributed by atoms with Crippen LogP contribution in [0.25, 0.3) is 11.1 Å². The van der Waals surface area contributed by atoms with Gasteiger partial charge in [0.25, 0.3) is 0 Å². The van der Waals surface area contributed by atoms with Crippen LogP contribution in [0.15, 0.2) is 42.6 Å². The molecule has 0 bridgehead atoms. The Morgan fingerprint density at radius 3 is 2.67 bits per heavy atom. The predicted molar refractivity (Wildman–Crippen MR) is 78.1 cm³/mol. The molecule has 2 heterocycles. The molecule has 6 heteroatoms. The van der Waals surface area contributed by atoms with Gasteiger partial charge in [-0.1, -0.05) is 30.3 Å². The van der Waals surface area contributed by atoms with Crippen LogP contribution >= 0.6 is 0 Å². The number of anilines is 1. The quantitative estimate of drug-likeness (QED) is 0.642. The van der Waals surface area contributed by atoms with Crippen molar-refractivity contribution in [3.8, 4) is 11.1 Å². The van der Waals surface area contributed by atoms with E-state index in [0.29, 0.717) is 18.5 Å². The number of nitro groups is 1. The van der Waals surface area contributed by atoms with Gasteiger partial charge in [0, 0.05) is 12.7 Å². The van der Waals surface area contributed by atoms with Crippen LogP contribution in [0, 0.1) is 10.1 Å². The molecule has 0 spiro atoms. The Kier molecular flexibility index (Phi) is 3.51. The number of benzene rings is 1. The molecule has 1 aliphatic heterocycles. The Morgan fingerprint density at radius 2 is 2.05 bits per heavy atom. The van der Waals surface area contributed by atoms with Gasteiger partial charge < -0.3 is 4.90 Å². The lowest BCUT2D eigenvalue weighted by Crippen LogP contribution is -2.22. The Balaban J connectivity index is 2.12. The summed E-state index contributed by atoms with van der Waals surface area (Å²) < 4.78 is 13.4. The Morgan fingerprint density at radius 1 is 1.29 bits per heavy atom. The van der Waals surface area contributed by atoms with Gasteiger partial charge in [-0.3, -0.25) is 10.1 Å². The zero-order valence-electron chi connectivity index (χ0n) is 11.3. The number of hydrogen-bond donors (Lipinski definition) is 0. The molecule has 1 aromatic heterocycles. The van der Waals surface area contributed by atoms with E-state index < -0.39 is 11.1 Å². The summed E-state index contributed by atoms with van der Waals surface area (Å²) in [4.78, 5) is 16.8. The second-order valence-corrected chi connectivity index (χ2v) is 4.99. The van der Waals surface area contributed by atoms with Crippen molar-refractivity contribution in [3.63, 3.8) is 0 Å². The number of pyridine rings is 1. The standard InChI is InChI=1S/C15H14FN3O2/c16-12-7-9-18(10-12)15-14(19(20)21)13(6-8-17-15)11-4-2-1-3-5-11/h1-6,8,12H,7,9-10H2. The molecular weight excluding hydrogens is 273 g/mol. The first-order valence-corrected chi connectivity index (χ1v) is 6.74. The van der Waals surface area contributed by atoms with Crippen LogP contribution < -0.4 is 4.90 Å². The van der Waals surface area contributed by atoms with Crippen LogP contribution in [0.1, 0.15) is 6.42 Å². The highest BCUT2D eigenvalue weighted by molar-refractivity contribution is 5.80. The number of alkyl halides is 1. The van der Waals surface area contributed by atoms with Crippen molar-refractivity contribution in [2.45, 2.75) is 12.6 Å². The number of hydrogen-bond acceptors (Lipinski definition) is 4. The Hall–Kier alpha value is -2.50. The number of aromatic nitrogens is 1. The maximum Gasteiger partial charge on any atom is 0.319 e. The molecule has 0 radical (unpaired) electrons. The lowest BCUT2D eigenvalue weighted by Gasteiger charge is -2.17. The molecule has 1 aliphatic rings. The fourth-order valence-corrected chi connectivity index (χ4v) is 2.62. The van der Waals surface area contributed by atoms with E-state index in [9.17, 15) is 14.5 Å².